The van der Waals surface area contributed by atoms with Gasteiger partial charge in [0.1, 0.15) is 36.8 Å². The Bertz CT molecular complexity index is 4270. The molecule has 6 aromatic rings. The quantitative estimate of drug-likeness (QED) is 0.0506. The molecule has 0 spiro atoms. The number of fused-ring (bicyclic) bond motifs is 18. The number of esters is 4. The van der Waals surface area contributed by atoms with E-state index >= 15 is 0 Å². The van der Waals surface area contributed by atoms with Crippen LogP contribution in [-0.4, -0.2) is 154 Å². The molecule has 14 rings (SSSR count). The summed E-state index contributed by atoms with van der Waals surface area (Å²) in [6, 6.07) is 24.7. The van der Waals surface area contributed by atoms with Crippen LogP contribution in [0.3, 0.4) is 0 Å². The number of phenols is 1. The van der Waals surface area contributed by atoms with Gasteiger partial charge < -0.3 is 61.9 Å². The number of carbonyl (C=O) groups excluding carboxylic acids is 4. The highest BCUT2D eigenvalue weighted by atomic mass is 16.7. The summed E-state index contributed by atoms with van der Waals surface area (Å²) >= 11 is 0. The highest BCUT2D eigenvalue weighted by molar-refractivity contribution is 5.77. The molecule has 0 aromatic heterocycles. The van der Waals surface area contributed by atoms with Crippen LogP contribution in [0.25, 0.3) is 0 Å². The number of piperazine rings is 2. The molecular weight excluding hydrogens is 1270 g/mol. The number of likely N-dealkylation sites (N-methyl/N-ethyl adjacent to an activating group) is 2. The van der Waals surface area contributed by atoms with Gasteiger partial charge in [-0.1, -0.05) is 72.8 Å². The van der Waals surface area contributed by atoms with Gasteiger partial charge in [0.2, 0.25) is 13.6 Å². The fraction of sp³-hybridized carbons (Fsp3) is 0.447. The van der Waals surface area contributed by atoms with Crippen LogP contribution in [0, 0.1) is 50.4 Å². The van der Waals surface area contributed by atoms with Gasteiger partial charge in [0.05, 0.1) is 50.5 Å². The van der Waals surface area contributed by atoms with E-state index < -0.39 is 36.1 Å². The van der Waals surface area contributed by atoms with Crippen molar-refractivity contribution in [3.05, 3.63) is 151 Å². The lowest BCUT2D eigenvalue weighted by Gasteiger charge is -2.59. The highest BCUT2D eigenvalue weighted by Crippen LogP contribution is 2.61. The van der Waals surface area contributed by atoms with Crippen LogP contribution in [0.1, 0.15) is 129 Å². The first-order valence-electron chi connectivity index (χ1n) is 33.5. The fourth-order valence-electron chi connectivity index (χ4n) is 17.1. The van der Waals surface area contributed by atoms with Gasteiger partial charge in [-0.05, 0) is 114 Å². The SMILES string of the molecule is COCOc1c(OC)c(C)cc2c1[C@@H]1C3Cc4c(OC(C)=O)c(C)c5c(c4[C@H](COC(=O)CCc4ccccc4)N3[C@@H](C#N)[C@H](C2)N1C)OCO5.COc1c(C)cc2c(c1O)[C@@H]1C3Cc4c(OC(C)=O)c(C)c5c(c4[C@H](COC(=O)CCc4ccccc4)N3[C@@H](C#N)[C@H](C2)N1C)OCO5. The molecule has 0 radical (unpaired) electrons. The van der Waals surface area contributed by atoms with Crippen LogP contribution in [0.4, 0.5) is 0 Å². The van der Waals surface area contributed by atoms with E-state index in [0.29, 0.717) is 113 Å². The summed E-state index contributed by atoms with van der Waals surface area (Å²) in [6.45, 7) is 10.2. The molecule has 0 aliphatic carbocycles. The highest BCUT2D eigenvalue weighted by Gasteiger charge is 2.59. The Hall–Kier alpha value is -9.62. The van der Waals surface area contributed by atoms with Crippen molar-refractivity contribution in [2.45, 2.75) is 153 Å². The number of carbonyl (C=O) groups is 4. The zero-order valence-electron chi connectivity index (χ0n) is 57.6. The molecule has 8 heterocycles. The summed E-state index contributed by atoms with van der Waals surface area (Å²) in [7, 11) is 8.76. The molecule has 2 fully saturated rings. The van der Waals surface area contributed by atoms with E-state index in [-0.39, 0.29) is 100 Å². The normalized spacial score (nSPS) is 23.3. The Morgan fingerprint density at radius 3 is 1.39 bits per heavy atom. The Labute approximate surface area is 575 Å². The second-order valence-electron chi connectivity index (χ2n) is 26.6. The summed E-state index contributed by atoms with van der Waals surface area (Å²) in [4.78, 5) is 60.4. The van der Waals surface area contributed by atoms with Crippen molar-refractivity contribution < 1.29 is 81.1 Å². The number of methoxy groups -OCH3 is 3. The molecule has 4 bridgehead atoms. The Morgan fingerprint density at radius 2 is 0.970 bits per heavy atom. The predicted octanol–water partition coefficient (Wildman–Crippen LogP) is 9.52. The number of hydrogen-bond acceptors (Lipinski definition) is 23. The molecule has 6 aromatic carbocycles. The number of aromatic hydroxyl groups is 1. The molecule has 8 aliphatic rings. The predicted molar refractivity (Wildman–Crippen MR) is 357 cm³/mol. The van der Waals surface area contributed by atoms with E-state index in [0.717, 1.165) is 55.6 Å². The standard InChI is InChI=1S/C39H43N3O9.C37H39N3O8/c1-21-14-25-15-27-29(17-40)42-28(34(41(27)4)32(25)38(35(21)46-6)48-19-45-5)16-26-33(39-37(49-20-50-39)22(2)36(26)51-23(3)43)30(42)18-47-31(44)13-12-24-10-8-7-9-11-24;1-19-13-23-14-25-27(16-38)40-26(32(39(25)4)30(23)33(43)34(19)44-5)15-24-31(37-36(46-18-47-37)20(2)35(24)48-21(3)41)28(40)17-45-29(42)12-11-22-9-7-6-8-10-22/h7-11,14,27-30,34H,12-13,15-16,18-20H2,1-6H3;6-10,13,25-28,32,43H,11-12,14-15,17-18H2,1-5H3/t27-,28?,29-,30-,34-;25-,26?,27-,28-,32-/m00/s1. The summed E-state index contributed by atoms with van der Waals surface area (Å²) in [6.07, 6.45) is 3.32. The summed E-state index contributed by atoms with van der Waals surface area (Å²) in [5.74, 6) is 2.77. The van der Waals surface area contributed by atoms with Crippen LogP contribution < -0.4 is 42.6 Å². The number of benzene rings is 6. The van der Waals surface area contributed by atoms with Crippen LogP contribution in [0.2, 0.25) is 0 Å². The molecule has 0 saturated carbocycles. The van der Waals surface area contributed by atoms with Gasteiger partial charge in [-0.15, -0.1) is 0 Å². The van der Waals surface area contributed by atoms with Crippen molar-refractivity contribution >= 4 is 23.9 Å². The van der Waals surface area contributed by atoms with E-state index in [4.69, 9.17) is 56.8 Å². The van der Waals surface area contributed by atoms with Gasteiger partial charge in [0.25, 0.3) is 0 Å². The van der Waals surface area contributed by atoms with E-state index in [2.05, 4.69) is 37.8 Å². The van der Waals surface area contributed by atoms with E-state index in [1.807, 2.05) is 109 Å². The maximum atomic E-state index is 13.4. The third-order valence-electron chi connectivity index (χ3n) is 21.0. The lowest BCUT2D eigenvalue weighted by Crippen LogP contribution is -2.68. The first-order chi connectivity index (χ1) is 47.8. The minimum absolute atomic E-state index is 0.0124. The average molecular weight is 1350 g/mol. The first kappa shape index (κ1) is 67.9. The van der Waals surface area contributed by atoms with Crippen LogP contribution in [0.15, 0.2) is 72.8 Å². The second-order valence-corrected chi connectivity index (χ2v) is 26.6. The smallest absolute Gasteiger partial charge is 0.308 e. The maximum Gasteiger partial charge on any atom is 0.308 e. The molecule has 2 saturated heterocycles. The minimum Gasteiger partial charge on any atom is -0.504 e. The van der Waals surface area contributed by atoms with Crippen molar-refractivity contribution in [3.8, 4) is 69.6 Å². The number of hydrogen-bond donors (Lipinski definition) is 1. The van der Waals surface area contributed by atoms with Gasteiger partial charge in [0.15, 0.2) is 52.8 Å². The molecule has 8 aliphatic heterocycles. The monoisotopic (exact) mass is 1350 g/mol. The Balaban J connectivity index is 0.000000178. The van der Waals surface area contributed by atoms with E-state index in [1.54, 1.807) is 21.3 Å². The van der Waals surface area contributed by atoms with E-state index in [1.165, 1.54) is 13.8 Å². The summed E-state index contributed by atoms with van der Waals surface area (Å²) in [5.41, 5.74) is 11.7. The van der Waals surface area contributed by atoms with Gasteiger partial charge in [-0.2, -0.15) is 10.5 Å². The molecule has 1 N–H and O–H groups in total. The lowest BCUT2D eigenvalue weighted by atomic mass is 9.71. The van der Waals surface area contributed by atoms with Crippen molar-refractivity contribution in [2.24, 2.45) is 0 Å². The number of ether oxygens (including phenoxy) is 12. The number of phenolic OH excluding ortho intramolecular Hbond substituents is 1. The van der Waals surface area contributed by atoms with Crippen LogP contribution in [-0.2, 0) is 71.9 Å². The minimum atomic E-state index is -0.635. The molecule has 0 amide bonds. The number of aryl methyl sites for hydroxylation is 4. The molecule has 99 heavy (non-hydrogen) atoms. The van der Waals surface area contributed by atoms with Gasteiger partial charge in [-0.3, -0.25) is 38.8 Å². The molecule has 2 unspecified atom stereocenters. The first-order valence-corrected chi connectivity index (χ1v) is 33.5. The number of rotatable bonds is 17. The Morgan fingerprint density at radius 1 is 0.545 bits per heavy atom. The maximum absolute atomic E-state index is 13.4. The lowest BCUT2D eigenvalue weighted by molar-refractivity contribution is -0.150. The van der Waals surface area contributed by atoms with Gasteiger partial charge in [0, 0.05) is 102 Å². The summed E-state index contributed by atoms with van der Waals surface area (Å²) < 4.78 is 71.2. The number of nitrogens with zero attached hydrogens (tertiary/aromatic N) is 6. The second kappa shape index (κ2) is 28.0. The molecule has 10 atom stereocenters. The van der Waals surface area contributed by atoms with E-state index in [9.17, 15) is 34.8 Å². The van der Waals surface area contributed by atoms with Crippen molar-refractivity contribution in [1.82, 2.24) is 19.6 Å². The van der Waals surface area contributed by atoms with Crippen molar-refractivity contribution in [2.75, 3.05) is 69.0 Å². The summed E-state index contributed by atoms with van der Waals surface area (Å²) in [5, 5.41) is 33.5. The molecule has 23 heteroatoms. The van der Waals surface area contributed by atoms with Gasteiger partial charge in [-0.25, -0.2) is 0 Å². The average Bonchev–Trinajstić information content (AvgIpc) is 1.43. The van der Waals surface area contributed by atoms with Crippen molar-refractivity contribution in [1.29, 1.82) is 10.5 Å². The topological polar surface area (TPSA) is 260 Å². The molecular formula is C76H82N6O17. The zero-order valence-corrected chi connectivity index (χ0v) is 57.6. The van der Waals surface area contributed by atoms with Crippen molar-refractivity contribution in [3.63, 3.8) is 0 Å². The third-order valence-corrected chi connectivity index (χ3v) is 21.0. The van der Waals surface area contributed by atoms with Gasteiger partial charge >= 0.3 is 23.9 Å². The largest absolute Gasteiger partial charge is 0.504 e. The number of nitriles is 2. The Kier molecular flexibility index (Phi) is 19.2. The fourth-order valence-corrected chi connectivity index (χ4v) is 17.1. The zero-order chi connectivity index (χ0) is 69.8. The van der Waals surface area contributed by atoms with Crippen LogP contribution >= 0.6 is 0 Å². The van der Waals surface area contributed by atoms with Crippen LogP contribution in [0.5, 0.6) is 57.5 Å². The molecule has 23 nitrogen and oxygen atoms in total. The molecule has 518 valence electrons. The third kappa shape index (κ3) is 12.0.